The third-order valence-corrected chi connectivity index (χ3v) is 9.79. The summed E-state index contributed by atoms with van der Waals surface area (Å²) < 4.78 is 46.6. The molecular weight excluding hydrogens is 676 g/mol. The topological polar surface area (TPSA) is 217 Å². The van der Waals surface area contributed by atoms with E-state index in [-0.39, 0.29) is 31.1 Å². The van der Waals surface area contributed by atoms with Gasteiger partial charge >= 0.3 is 41.8 Å². The lowest BCUT2D eigenvalue weighted by atomic mass is 9.51. The molecule has 2 aliphatic carbocycles. The summed E-state index contributed by atoms with van der Waals surface area (Å²) in [6.45, 7) is 11.3. The Balaban J connectivity index is 2.16. The van der Waals surface area contributed by atoms with Gasteiger partial charge in [0.2, 0.25) is 0 Å². The van der Waals surface area contributed by atoms with Crippen molar-refractivity contribution >= 4 is 41.8 Å². The quantitative estimate of drug-likeness (QED) is 0.202. The number of epoxide rings is 1. The Hall–Kier alpha value is -4.31. The summed E-state index contributed by atoms with van der Waals surface area (Å²) in [4.78, 5) is 90.1. The largest absolute Gasteiger partial charge is 0.461 e. The van der Waals surface area contributed by atoms with Crippen molar-refractivity contribution in [1.82, 2.24) is 0 Å². The first-order valence-electron chi connectivity index (χ1n) is 16.7. The van der Waals surface area contributed by atoms with Gasteiger partial charge in [-0.05, 0) is 30.6 Å². The Morgan fingerprint density at radius 2 is 1.43 bits per heavy atom. The van der Waals surface area contributed by atoms with Gasteiger partial charge in [-0.3, -0.25) is 33.6 Å². The number of carbonyl (C=O) groups excluding carboxylic acids is 7. The second-order valence-electron chi connectivity index (χ2n) is 14.1. The number of fused-ring (bicyclic) bond motifs is 3. The molecule has 11 atom stereocenters. The van der Waals surface area contributed by atoms with Gasteiger partial charge in [-0.15, -0.1) is 0 Å². The van der Waals surface area contributed by atoms with Gasteiger partial charge in [-0.25, -0.2) is 0 Å². The monoisotopic (exact) mass is 722 g/mol. The molecule has 2 aliphatic heterocycles. The van der Waals surface area contributed by atoms with Gasteiger partial charge in [0, 0.05) is 47.0 Å². The van der Waals surface area contributed by atoms with Gasteiger partial charge in [0.15, 0.2) is 30.0 Å². The van der Waals surface area contributed by atoms with Crippen LogP contribution in [0.25, 0.3) is 0 Å². The van der Waals surface area contributed by atoms with Crippen molar-refractivity contribution in [1.29, 1.82) is 0 Å². The molecule has 0 aromatic carbocycles. The predicted octanol–water partition coefficient (Wildman–Crippen LogP) is 1.43. The van der Waals surface area contributed by atoms with Gasteiger partial charge in [-0.1, -0.05) is 26.8 Å². The molecule has 1 spiro atoms. The summed E-state index contributed by atoms with van der Waals surface area (Å²) in [7, 11) is 0. The molecule has 0 radical (unpaired) electrons. The standard InChI is InChI=1S/C35H46O16/c1-16(2)12-26(41)51-29-27(47-20(6)38)30(48-21(7)39)34(15-45-34)28-31(49-22(8)40)35(43)17(3)32(42)50-25(35)13-23(14-44-18(4)36)10-11-24(33(28,29)9)46-19(5)37/h10-11,13,16-17,24-25,27-31,43H,12,14-15H2,1-9H3. The first kappa shape index (κ1) is 39.5. The molecule has 1 saturated carbocycles. The lowest BCUT2D eigenvalue weighted by Gasteiger charge is -2.59. The van der Waals surface area contributed by atoms with E-state index in [2.05, 4.69) is 0 Å². The summed E-state index contributed by atoms with van der Waals surface area (Å²) in [5, 5.41) is 12.9. The molecule has 3 fully saturated rings. The molecule has 0 aromatic rings. The number of hydrogen-bond donors (Lipinski definition) is 1. The van der Waals surface area contributed by atoms with Crippen LogP contribution in [0.1, 0.15) is 68.7 Å². The van der Waals surface area contributed by atoms with Gasteiger partial charge < -0.3 is 43.0 Å². The number of ether oxygens (including phenoxy) is 8. The summed E-state index contributed by atoms with van der Waals surface area (Å²) in [5.74, 6) is -8.80. The van der Waals surface area contributed by atoms with Crippen molar-refractivity contribution < 1.29 is 76.6 Å². The van der Waals surface area contributed by atoms with E-state index in [1.165, 1.54) is 39.0 Å². The summed E-state index contributed by atoms with van der Waals surface area (Å²) in [5.41, 5.74) is -5.91. The Kier molecular flexibility index (Phi) is 11.4. The average Bonchev–Trinajstić information content (AvgIpc) is 3.75. The average molecular weight is 723 g/mol. The number of aliphatic hydroxyl groups is 1. The van der Waals surface area contributed by atoms with Crippen LogP contribution in [0.2, 0.25) is 0 Å². The minimum atomic E-state index is -2.43. The highest BCUT2D eigenvalue weighted by molar-refractivity contribution is 5.78. The first-order chi connectivity index (χ1) is 23.7. The van der Waals surface area contributed by atoms with Crippen molar-refractivity contribution in [3.05, 3.63) is 23.8 Å². The summed E-state index contributed by atoms with van der Waals surface area (Å²) in [6.07, 6.45) is -5.60. The van der Waals surface area contributed by atoms with Crippen molar-refractivity contribution in [2.24, 2.45) is 23.2 Å². The lowest BCUT2D eigenvalue weighted by molar-refractivity contribution is -0.279. The smallest absolute Gasteiger partial charge is 0.312 e. The molecule has 4 aliphatic rings. The van der Waals surface area contributed by atoms with Crippen molar-refractivity contribution in [2.75, 3.05) is 13.2 Å². The maximum Gasteiger partial charge on any atom is 0.312 e. The van der Waals surface area contributed by atoms with E-state index in [1.807, 2.05) is 0 Å². The molecule has 51 heavy (non-hydrogen) atoms. The number of hydrogen-bond acceptors (Lipinski definition) is 16. The molecule has 11 unspecified atom stereocenters. The minimum absolute atomic E-state index is 0.119. The normalized spacial score (nSPS) is 36.8. The van der Waals surface area contributed by atoms with Crippen molar-refractivity contribution in [2.45, 2.75) is 117 Å². The summed E-state index contributed by atoms with van der Waals surface area (Å²) in [6, 6.07) is 0. The zero-order valence-electron chi connectivity index (χ0n) is 30.1. The highest BCUT2D eigenvalue weighted by atomic mass is 16.7. The van der Waals surface area contributed by atoms with E-state index in [0.717, 1.165) is 27.7 Å². The van der Waals surface area contributed by atoms with Crippen LogP contribution in [-0.2, 0) is 71.5 Å². The fourth-order valence-corrected chi connectivity index (χ4v) is 7.63. The third kappa shape index (κ3) is 7.66. The molecular formula is C35H46O16. The van der Waals surface area contributed by atoms with E-state index in [4.69, 9.17) is 37.9 Å². The Morgan fingerprint density at radius 1 is 0.863 bits per heavy atom. The van der Waals surface area contributed by atoms with Crippen LogP contribution in [0.5, 0.6) is 0 Å². The molecule has 2 saturated heterocycles. The van der Waals surface area contributed by atoms with Gasteiger partial charge in [0.25, 0.3) is 0 Å². The van der Waals surface area contributed by atoms with Crippen LogP contribution in [0.3, 0.4) is 0 Å². The molecule has 4 rings (SSSR count). The molecule has 16 nitrogen and oxygen atoms in total. The molecule has 0 aromatic heterocycles. The molecule has 2 heterocycles. The first-order valence-corrected chi connectivity index (χ1v) is 16.7. The zero-order chi connectivity index (χ0) is 38.2. The molecule has 0 bridgehead atoms. The minimum Gasteiger partial charge on any atom is -0.461 e. The van der Waals surface area contributed by atoms with Crippen LogP contribution in [0.15, 0.2) is 23.8 Å². The van der Waals surface area contributed by atoms with Gasteiger partial charge in [-0.2, -0.15) is 0 Å². The van der Waals surface area contributed by atoms with Crippen LogP contribution < -0.4 is 0 Å². The highest BCUT2D eigenvalue weighted by Crippen LogP contribution is 2.63. The zero-order valence-corrected chi connectivity index (χ0v) is 30.1. The van der Waals surface area contributed by atoms with Crippen molar-refractivity contribution in [3.63, 3.8) is 0 Å². The van der Waals surface area contributed by atoms with E-state index < -0.39 is 107 Å². The third-order valence-electron chi connectivity index (χ3n) is 9.79. The van der Waals surface area contributed by atoms with E-state index >= 15 is 0 Å². The Labute approximate surface area is 295 Å². The maximum absolute atomic E-state index is 13.6. The molecule has 16 heteroatoms. The van der Waals surface area contributed by atoms with Crippen LogP contribution in [-0.4, -0.2) is 108 Å². The molecule has 0 amide bonds. The second-order valence-corrected chi connectivity index (χ2v) is 14.1. The maximum atomic E-state index is 13.6. The van der Waals surface area contributed by atoms with Crippen LogP contribution >= 0.6 is 0 Å². The second kappa shape index (κ2) is 14.7. The molecule has 282 valence electrons. The SMILES string of the molecule is CC(=O)OCC1=CC2OC(=O)C(C)C2(O)C(OC(C)=O)C2C3(CO3)C(OC(C)=O)C(OC(C)=O)C(OC(=O)CC(C)C)C2(C)C(OC(C)=O)C=C1. The molecule has 1 N–H and O–H groups in total. The summed E-state index contributed by atoms with van der Waals surface area (Å²) >= 11 is 0. The fraction of sp³-hybridized carbons (Fsp3) is 0.686. The lowest BCUT2D eigenvalue weighted by Crippen LogP contribution is -2.76. The predicted molar refractivity (Wildman–Crippen MR) is 170 cm³/mol. The van der Waals surface area contributed by atoms with E-state index in [1.54, 1.807) is 13.8 Å². The number of carbonyl (C=O) groups is 7. The number of esters is 7. The Morgan fingerprint density at radius 3 is 1.94 bits per heavy atom. The van der Waals surface area contributed by atoms with Crippen LogP contribution in [0.4, 0.5) is 0 Å². The highest BCUT2D eigenvalue weighted by Gasteiger charge is 2.81. The Bertz CT molecular complexity index is 1510. The van der Waals surface area contributed by atoms with Gasteiger partial charge in [0.05, 0.1) is 17.9 Å². The van der Waals surface area contributed by atoms with Gasteiger partial charge in [0.1, 0.15) is 24.4 Å². The van der Waals surface area contributed by atoms with Crippen molar-refractivity contribution in [3.8, 4) is 0 Å². The van der Waals surface area contributed by atoms with E-state index in [0.29, 0.717) is 0 Å². The number of rotatable bonds is 9. The fourth-order valence-electron chi connectivity index (χ4n) is 7.63. The van der Waals surface area contributed by atoms with E-state index in [9.17, 15) is 38.7 Å². The van der Waals surface area contributed by atoms with Crippen LogP contribution in [0, 0.1) is 23.2 Å².